The van der Waals surface area contributed by atoms with E-state index in [1.54, 1.807) is 14.0 Å². The third kappa shape index (κ3) is 8.57. The van der Waals surface area contributed by atoms with E-state index in [-0.39, 0.29) is 11.8 Å². The molecular weight excluding hydrogens is 276 g/mol. The lowest BCUT2D eigenvalue weighted by atomic mass is 10.0. The highest BCUT2D eigenvalue weighted by Crippen LogP contribution is 2.08. The summed E-state index contributed by atoms with van der Waals surface area (Å²) in [6.07, 6.45) is 0.701. The smallest absolute Gasteiger partial charge is 0.147 e. The average Bonchev–Trinajstić information content (AvgIpc) is 2.56. The number of carbonyl (C=O) groups is 1. The molecule has 1 rings (SSSR count). The topological polar surface area (TPSA) is 50.7 Å². The van der Waals surface area contributed by atoms with E-state index in [1.165, 1.54) is 7.11 Å². The molecule has 4 heteroatoms. The summed E-state index contributed by atoms with van der Waals surface area (Å²) in [6, 6.07) is 7.87. The molecule has 0 amide bonds. The minimum atomic E-state index is -0.121. The molecule has 1 unspecified atom stereocenters. The van der Waals surface area contributed by atoms with Crippen molar-refractivity contribution in [3.63, 3.8) is 0 Å². The van der Waals surface area contributed by atoms with Crippen molar-refractivity contribution in [3.8, 4) is 0 Å². The molecule has 0 bridgehead atoms. The third-order valence-electron chi connectivity index (χ3n) is 2.88. The Morgan fingerprint density at radius 2 is 1.64 bits per heavy atom. The summed E-state index contributed by atoms with van der Waals surface area (Å²) in [5.74, 6) is 0.152. The van der Waals surface area contributed by atoms with Gasteiger partial charge >= 0.3 is 0 Å². The van der Waals surface area contributed by atoms with Gasteiger partial charge in [0.25, 0.3) is 0 Å². The summed E-state index contributed by atoms with van der Waals surface area (Å²) in [5, 5.41) is 6.89. The first kappa shape index (κ1) is 22.6. The highest BCUT2D eigenvalue weighted by Gasteiger charge is 2.12. The van der Waals surface area contributed by atoms with Gasteiger partial charge in [0.2, 0.25) is 0 Å². The molecule has 1 aromatic carbocycles. The quantitative estimate of drug-likeness (QED) is 0.642. The van der Waals surface area contributed by atoms with Crippen molar-refractivity contribution in [1.82, 2.24) is 5.32 Å². The molecule has 0 heterocycles. The molecule has 4 nitrogen and oxygen atoms in total. The fourth-order valence-corrected chi connectivity index (χ4v) is 1.76. The molecule has 0 spiro atoms. The normalized spacial score (nSPS) is 11.4. The van der Waals surface area contributed by atoms with E-state index in [0.717, 1.165) is 16.8 Å². The number of carbonyl (C=O) groups excluding carboxylic acids is 1. The molecule has 0 radical (unpaired) electrons. The second-order valence-corrected chi connectivity index (χ2v) is 4.21. The predicted molar refractivity (Wildman–Crippen MR) is 95.6 cm³/mol. The van der Waals surface area contributed by atoms with E-state index >= 15 is 0 Å². The summed E-state index contributed by atoms with van der Waals surface area (Å²) in [4.78, 5) is 16.1. The number of hydrogen-bond donors (Lipinski definition) is 1. The van der Waals surface area contributed by atoms with Gasteiger partial charge in [-0.2, -0.15) is 0 Å². The van der Waals surface area contributed by atoms with Crippen molar-refractivity contribution < 1.29 is 9.63 Å². The highest BCUT2D eigenvalue weighted by atomic mass is 16.6. The van der Waals surface area contributed by atoms with Gasteiger partial charge in [0, 0.05) is 0 Å². The number of benzene rings is 1. The summed E-state index contributed by atoms with van der Waals surface area (Å²) < 4.78 is 0. The number of ketones is 1. The van der Waals surface area contributed by atoms with Gasteiger partial charge in [-0.05, 0) is 38.4 Å². The number of nitrogens with zero attached hydrogens (tertiary/aromatic N) is 1. The fourth-order valence-electron chi connectivity index (χ4n) is 1.76. The van der Waals surface area contributed by atoms with Crippen LogP contribution >= 0.6 is 0 Å². The molecule has 1 aromatic rings. The first-order valence-electron chi connectivity index (χ1n) is 7.93. The Balaban J connectivity index is 0. The number of rotatable bonds is 6. The Morgan fingerprint density at radius 3 is 2.00 bits per heavy atom. The van der Waals surface area contributed by atoms with Crippen molar-refractivity contribution in [1.29, 1.82) is 0 Å². The maximum atomic E-state index is 11.3. The van der Waals surface area contributed by atoms with Gasteiger partial charge < -0.3 is 10.2 Å². The number of nitrogens with one attached hydrogen (secondary N) is 1. The Morgan fingerprint density at radius 1 is 1.14 bits per heavy atom. The Labute approximate surface area is 135 Å². The van der Waals surface area contributed by atoms with Crippen LogP contribution in [0.2, 0.25) is 0 Å². The van der Waals surface area contributed by atoms with E-state index in [0.29, 0.717) is 6.42 Å². The zero-order valence-corrected chi connectivity index (χ0v) is 15.4. The Kier molecular flexibility index (Phi) is 14.7. The third-order valence-corrected chi connectivity index (χ3v) is 2.88. The van der Waals surface area contributed by atoms with Crippen LogP contribution in [0.3, 0.4) is 0 Å². The van der Waals surface area contributed by atoms with Crippen LogP contribution in [0.4, 0.5) is 0 Å². The number of likely N-dealkylation sites (N-methyl/N-ethyl adjacent to an activating group) is 1. The Hall–Kier alpha value is -1.68. The van der Waals surface area contributed by atoms with E-state index < -0.39 is 0 Å². The van der Waals surface area contributed by atoms with E-state index in [2.05, 4.69) is 10.5 Å². The molecule has 0 aromatic heterocycles. The lowest BCUT2D eigenvalue weighted by Crippen LogP contribution is -2.34. The van der Waals surface area contributed by atoms with Crippen LogP contribution in [0, 0.1) is 0 Å². The van der Waals surface area contributed by atoms with E-state index in [9.17, 15) is 4.79 Å². The van der Waals surface area contributed by atoms with Crippen molar-refractivity contribution in [2.24, 2.45) is 5.16 Å². The minimum Gasteiger partial charge on any atom is -0.399 e. The molecule has 0 saturated carbocycles. The number of hydrogen-bond acceptors (Lipinski definition) is 4. The molecule has 0 saturated heterocycles. The van der Waals surface area contributed by atoms with Crippen LogP contribution in [0.5, 0.6) is 0 Å². The summed E-state index contributed by atoms with van der Waals surface area (Å²) in [6.45, 7) is 11.5. The molecule has 0 aliphatic rings. The second kappa shape index (κ2) is 14.3. The maximum absolute atomic E-state index is 11.3. The lowest BCUT2D eigenvalue weighted by Gasteiger charge is -2.12. The van der Waals surface area contributed by atoms with Crippen LogP contribution in [0.15, 0.2) is 29.4 Å². The van der Waals surface area contributed by atoms with Crippen molar-refractivity contribution in [3.05, 3.63) is 35.4 Å². The molecule has 1 atom stereocenters. The van der Waals surface area contributed by atoms with E-state index in [4.69, 9.17) is 4.84 Å². The van der Waals surface area contributed by atoms with Crippen molar-refractivity contribution in [2.45, 2.75) is 54.0 Å². The van der Waals surface area contributed by atoms with Gasteiger partial charge in [0.15, 0.2) is 0 Å². The number of Topliss-reactive ketones (excluding diaryl/α,β-unsaturated/α-hetero) is 1. The fraction of sp³-hybridized carbons (Fsp3) is 0.556. The van der Waals surface area contributed by atoms with Crippen LogP contribution < -0.4 is 5.32 Å². The predicted octanol–water partition coefficient (Wildman–Crippen LogP) is 3.83. The molecule has 0 fully saturated rings. The van der Waals surface area contributed by atoms with Crippen LogP contribution in [-0.4, -0.2) is 31.7 Å². The van der Waals surface area contributed by atoms with Gasteiger partial charge in [-0.1, -0.05) is 57.1 Å². The SMILES string of the molecule is CC.CC.CNC(Cc1ccc(/C(C)=N/OC)cc1)C(C)=O. The summed E-state index contributed by atoms with van der Waals surface area (Å²) >= 11 is 0. The summed E-state index contributed by atoms with van der Waals surface area (Å²) in [7, 11) is 3.33. The number of oxime groups is 1. The van der Waals surface area contributed by atoms with Crippen molar-refractivity contribution in [2.75, 3.05) is 14.2 Å². The van der Waals surface area contributed by atoms with Gasteiger partial charge in [-0.15, -0.1) is 0 Å². The van der Waals surface area contributed by atoms with Crippen molar-refractivity contribution >= 4 is 11.5 Å². The van der Waals surface area contributed by atoms with Gasteiger partial charge in [-0.25, -0.2) is 0 Å². The molecule has 1 N–H and O–H groups in total. The first-order chi connectivity index (χ1) is 10.6. The van der Waals surface area contributed by atoms with E-state index in [1.807, 2.05) is 58.9 Å². The highest BCUT2D eigenvalue weighted by molar-refractivity contribution is 5.98. The second-order valence-electron chi connectivity index (χ2n) is 4.21. The van der Waals surface area contributed by atoms with Gasteiger partial charge in [0.1, 0.15) is 12.9 Å². The van der Waals surface area contributed by atoms with Crippen LogP contribution in [-0.2, 0) is 16.1 Å². The zero-order valence-electron chi connectivity index (χ0n) is 15.4. The largest absolute Gasteiger partial charge is 0.399 e. The van der Waals surface area contributed by atoms with Gasteiger partial charge in [-0.3, -0.25) is 4.79 Å². The Bertz CT molecular complexity index is 425. The van der Waals surface area contributed by atoms with Gasteiger partial charge in [0.05, 0.1) is 11.8 Å². The minimum absolute atomic E-state index is 0.121. The first-order valence-corrected chi connectivity index (χ1v) is 7.93. The molecule has 0 aliphatic heterocycles. The molecule has 0 aliphatic carbocycles. The van der Waals surface area contributed by atoms with Crippen LogP contribution in [0.25, 0.3) is 0 Å². The summed E-state index contributed by atoms with van der Waals surface area (Å²) in [5.41, 5.74) is 2.98. The monoisotopic (exact) mass is 308 g/mol. The standard InChI is InChI=1S/C14H20N2O2.2C2H6/c1-10(16-18-4)13-7-5-12(6-8-13)9-14(15-3)11(2)17;2*1-2/h5-8,14-15H,9H2,1-4H3;2*1-2H3/b16-10+;;. The lowest BCUT2D eigenvalue weighted by molar-refractivity contribution is -0.118. The molecular formula is C18H32N2O2. The average molecular weight is 308 g/mol. The molecule has 22 heavy (non-hydrogen) atoms. The molecule has 126 valence electrons. The zero-order chi connectivity index (χ0) is 17.5. The van der Waals surface area contributed by atoms with Crippen LogP contribution in [0.1, 0.15) is 52.7 Å². The maximum Gasteiger partial charge on any atom is 0.147 e.